The Kier molecular flexibility index (Phi) is 4.20. The standard InChI is InChI=1S/C9H17N7O3S/c10-8(11)7-9(15-19-14-7)13-5-1-3-6(4-2-5)16-20(12,17)18/h5-6,16H,1-4H2,(H3,10,11)(H,13,15)(H2,12,17,18). The summed E-state index contributed by atoms with van der Waals surface area (Å²) in [6, 6.07) is -0.0516. The molecular weight excluding hydrogens is 286 g/mol. The lowest BCUT2D eigenvalue weighted by atomic mass is 9.92. The zero-order valence-corrected chi connectivity index (χ0v) is 11.5. The van der Waals surface area contributed by atoms with E-state index in [1.807, 2.05) is 0 Å². The summed E-state index contributed by atoms with van der Waals surface area (Å²) in [5.41, 5.74) is 5.52. The molecule has 10 nitrogen and oxygen atoms in total. The fraction of sp³-hybridized carbons (Fsp3) is 0.667. The summed E-state index contributed by atoms with van der Waals surface area (Å²) in [6.45, 7) is 0. The van der Waals surface area contributed by atoms with Crippen LogP contribution in [0.25, 0.3) is 0 Å². The summed E-state index contributed by atoms with van der Waals surface area (Å²) >= 11 is 0. The summed E-state index contributed by atoms with van der Waals surface area (Å²) in [6.07, 6.45) is 2.79. The first-order chi connectivity index (χ1) is 9.35. The zero-order chi connectivity index (χ0) is 14.8. The number of nitrogens with two attached hydrogens (primary N) is 2. The summed E-state index contributed by atoms with van der Waals surface area (Å²) in [5.74, 6) is 0.110. The number of hydrogen-bond donors (Lipinski definition) is 5. The van der Waals surface area contributed by atoms with E-state index in [2.05, 4.69) is 25.0 Å². The Morgan fingerprint density at radius 2 is 1.85 bits per heavy atom. The third-order valence-corrected chi connectivity index (χ3v) is 3.80. The van der Waals surface area contributed by atoms with Gasteiger partial charge in [-0.15, -0.1) is 0 Å². The van der Waals surface area contributed by atoms with Crippen molar-refractivity contribution in [3.63, 3.8) is 0 Å². The monoisotopic (exact) mass is 303 g/mol. The molecule has 0 aromatic carbocycles. The number of anilines is 1. The summed E-state index contributed by atoms with van der Waals surface area (Å²) < 4.78 is 28.8. The minimum atomic E-state index is -3.66. The van der Waals surface area contributed by atoms with Crippen LogP contribution >= 0.6 is 0 Å². The highest BCUT2D eigenvalue weighted by molar-refractivity contribution is 7.87. The molecule has 1 saturated carbocycles. The van der Waals surface area contributed by atoms with Crippen LogP contribution in [0.5, 0.6) is 0 Å². The molecule has 0 spiro atoms. The predicted octanol–water partition coefficient (Wildman–Crippen LogP) is -1.13. The molecule has 0 amide bonds. The van der Waals surface area contributed by atoms with Crippen LogP contribution in [-0.2, 0) is 10.2 Å². The molecule has 1 aliphatic rings. The average molecular weight is 303 g/mol. The predicted molar refractivity (Wildman–Crippen MR) is 71.2 cm³/mol. The molecule has 1 fully saturated rings. The highest BCUT2D eigenvalue weighted by Gasteiger charge is 2.25. The molecule has 0 aliphatic heterocycles. The van der Waals surface area contributed by atoms with Crippen molar-refractivity contribution in [3.05, 3.63) is 5.69 Å². The van der Waals surface area contributed by atoms with E-state index in [9.17, 15) is 8.42 Å². The van der Waals surface area contributed by atoms with E-state index in [-0.39, 0.29) is 23.6 Å². The quantitative estimate of drug-likeness (QED) is 0.338. The van der Waals surface area contributed by atoms with Gasteiger partial charge in [0.05, 0.1) is 0 Å². The fourth-order valence-electron chi connectivity index (χ4n) is 2.24. The van der Waals surface area contributed by atoms with E-state index >= 15 is 0 Å². The van der Waals surface area contributed by atoms with Crippen molar-refractivity contribution < 1.29 is 13.0 Å². The molecule has 2 rings (SSSR count). The van der Waals surface area contributed by atoms with Crippen LogP contribution in [0.4, 0.5) is 5.82 Å². The van der Waals surface area contributed by atoms with Gasteiger partial charge in [-0.3, -0.25) is 5.41 Å². The Morgan fingerprint density at radius 3 is 2.40 bits per heavy atom. The Labute approximate surface area is 115 Å². The molecule has 7 N–H and O–H groups in total. The van der Waals surface area contributed by atoms with Crippen LogP contribution in [-0.4, -0.2) is 36.7 Å². The van der Waals surface area contributed by atoms with Gasteiger partial charge in [-0.25, -0.2) is 9.77 Å². The lowest BCUT2D eigenvalue weighted by Crippen LogP contribution is -2.43. The topological polar surface area (TPSA) is 173 Å². The molecule has 0 bridgehead atoms. The van der Waals surface area contributed by atoms with Crippen molar-refractivity contribution in [2.75, 3.05) is 5.32 Å². The highest BCUT2D eigenvalue weighted by Crippen LogP contribution is 2.22. The third-order valence-electron chi connectivity index (χ3n) is 3.14. The van der Waals surface area contributed by atoms with Gasteiger partial charge in [0.2, 0.25) is 5.82 Å². The largest absolute Gasteiger partial charge is 0.382 e. The van der Waals surface area contributed by atoms with Gasteiger partial charge in [0, 0.05) is 12.1 Å². The van der Waals surface area contributed by atoms with Crippen molar-refractivity contribution >= 4 is 21.9 Å². The van der Waals surface area contributed by atoms with Crippen molar-refractivity contribution in [3.8, 4) is 0 Å². The minimum absolute atomic E-state index is 0.0959. The van der Waals surface area contributed by atoms with E-state index in [0.717, 1.165) is 12.8 Å². The fourth-order valence-corrected chi connectivity index (χ4v) is 2.94. The van der Waals surface area contributed by atoms with E-state index in [1.165, 1.54) is 0 Å². The molecule has 0 radical (unpaired) electrons. The van der Waals surface area contributed by atoms with Gasteiger partial charge in [0.1, 0.15) is 5.84 Å². The van der Waals surface area contributed by atoms with Gasteiger partial charge in [-0.1, -0.05) is 0 Å². The first-order valence-corrected chi connectivity index (χ1v) is 7.63. The first kappa shape index (κ1) is 14.7. The van der Waals surface area contributed by atoms with E-state index in [1.54, 1.807) is 0 Å². The number of aromatic nitrogens is 2. The number of nitrogens with zero attached hydrogens (tertiary/aromatic N) is 2. The molecule has 20 heavy (non-hydrogen) atoms. The van der Waals surface area contributed by atoms with Crippen LogP contribution in [0.3, 0.4) is 0 Å². The average Bonchev–Trinajstić information content (AvgIpc) is 2.78. The maximum atomic E-state index is 10.9. The van der Waals surface area contributed by atoms with Crippen molar-refractivity contribution in [1.82, 2.24) is 15.0 Å². The van der Waals surface area contributed by atoms with Crippen molar-refractivity contribution in [2.45, 2.75) is 37.8 Å². The number of hydrogen-bond acceptors (Lipinski definition) is 7. The smallest absolute Gasteiger partial charge is 0.274 e. The second-order valence-corrected chi connectivity index (χ2v) is 6.06. The van der Waals surface area contributed by atoms with E-state index in [0.29, 0.717) is 18.7 Å². The van der Waals surface area contributed by atoms with E-state index in [4.69, 9.17) is 16.3 Å². The van der Waals surface area contributed by atoms with Gasteiger partial charge in [-0.05, 0) is 36.0 Å². The Hall–Kier alpha value is -1.72. The third kappa shape index (κ3) is 3.88. The molecule has 0 atom stereocenters. The Balaban J connectivity index is 1.88. The number of amidine groups is 1. The Morgan fingerprint density at radius 1 is 1.25 bits per heavy atom. The van der Waals surface area contributed by atoms with Crippen molar-refractivity contribution in [1.29, 1.82) is 5.41 Å². The summed E-state index contributed by atoms with van der Waals surface area (Å²) in [7, 11) is -3.66. The zero-order valence-electron chi connectivity index (χ0n) is 10.7. The second-order valence-electron chi connectivity index (χ2n) is 4.73. The first-order valence-electron chi connectivity index (χ1n) is 6.08. The summed E-state index contributed by atoms with van der Waals surface area (Å²) in [5, 5.41) is 22.6. The van der Waals surface area contributed by atoms with Crippen LogP contribution in [0.1, 0.15) is 31.4 Å². The van der Waals surface area contributed by atoms with Crippen LogP contribution in [0.15, 0.2) is 4.63 Å². The molecule has 112 valence electrons. The molecule has 0 saturated heterocycles. The number of nitrogens with one attached hydrogen (secondary N) is 3. The molecular formula is C9H17N7O3S. The van der Waals surface area contributed by atoms with Crippen LogP contribution in [0.2, 0.25) is 0 Å². The van der Waals surface area contributed by atoms with Crippen molar-refractivity contribution in [2.24, 2.45) is 10.9 Å². The Bertz CT molecular complexity index is 576. The van der Waals surface area contributed by atoms with Gasteiger partial charge in [0.25, 0.3) is 10.2 Å². The normalized spacial score (nSPS) is 23.4. The van der Waals surface area contributed by atoms with Gasteiger partial charge < -0.3 is 11.1 Å². The van der Waals surface area contributed by atoms with Gasteiger partial charge in [0.15, 0.2) is 5.69 Å². The molecule has 1 aromatic rings. The maximum Gasteiger partial charge on any atom is 0.274 e. The molecule has 1 aliphatic carbocycles. The molecule has 0 unspecified atom stereocenters. The molecule has 1 aromatic heterocycles. The SMILES string of the molecule is N=C(N)c1nonc1NC1CCC(NS(N)(=O)=O)CC1. The van der Waals surface area contributed by atoms with Gasteiger partial charge >= 0.3 is 0 Å². The molecule has 1 heterocycles. The molecule has 11 heteroatoms. The van der Waals surface area contributed by atoms with Crippen LogP contribution < -0.4 is 20.9 Å². The maximum absolute atomic E-state index is 10.9. The minimum Gasteiger partial charge on any atom is -0.382 e. The number of nitrogen functional groups attached to an aromatic ring is 1. The summed E-state index contributed by atoms with van der Waals surface area (Å²) in [4.78, 5) is 0. The second kappa shape index (κ2) is 5.73. The lowest BCUT2D eigenvalue weighted by molar-refractivity contribution is 0.306. The lowest BCUT2D eigenvalue weighted by Gasteiger charge is -2.28. The highest BCUT2D eigenvalue weighted by atomic mass is 32.2. The number of rotatable bonds is 5. The van der Waals surface area contributed by atoms with E-state index < -0.39 is 10.2 Å². The van der Waals surface area contributed by atoms with Gasteiger partial charge in [-0.2, -0.15) is 13.1 Å². The van der Waals surface area contributed by atoms with Crippen LogP contribution in [0, 0.1) is 5.41 Å².